The number of fused-ring (bicyclic) bond motifs is 1. The van der Waals surface area contributed by atoms with Crippen molar-refractivity contribution in [1.29, 1.82) is 0 Å². The number of nitrogens with one attached hydrogen (secondary N) is 2. The average molecular weight is 483 g/mol. The lowest BCUT2D eigenvalue weighted by Crippen LogP contribution is -2.50. The van der Waals surface area contributed by atoms with Crippen molar-refractivity contribution in [2.45, 2.75) is 31.7 Å². The van der Waals surface area contributed by atoms with Crippen molar-refractivity contribution in [3.8, 4) is 33.8 Å². The van der Waals surface area contributed by atoms with E-state index in [0.717, 1.165) is 58.6 Å². The Hall–Kier alpha value is -3.97. The van der Waals surface area contributed by atoms with Crippen LogP contribution in [0.2, 0.25) is 5.15 Å². The molecule has 0 radical (unpaired) electrons. The number of hydrogen-bond acceptors (Lipinski definition) is 4. The van der Waals surface area contributed by atoms with E-state index in [4.69, 9.17) is 16.6 Å². The molecule has 0 atom stereocenters. The minimum absolute atomic E-state index is 0.00483. The van der Waals surface area contributed by atoms with Gasteiger partial charge in [-0.2, -0.15) is 10.2 Å². The van der Waals surface area contributed by atoms with Gasteiger partial charge in [0.2, 0.25) is 5.91 Å². The Morgan fingerprint density at radius 3 is 2.46 bits per heavy atom. The van der Waals surface area contributed by atoms with Gasteiger partial charge in [-0.3, -0.25) is 9.89 Å². The summed E-state index contributed by atoms with van der Waals surface area (Å²) in [6.07, 6.45) is 4.71. The second kappa shape index (κ2) is 8.36. The molecule has 2 N–H and O–H groups in total. The van der Waals surface area contributed by atoms with E-state index in [9.17, 15) is 4.79 Å². The van der Waals surface area contributed by atoms with Crippen LogP contribution in [0.3, 0.4) is 0 Å². The fraction of sp³-hybridized carbons (Fsp3) is 0.185. The largest absolute Gasteiger partial charge is 0.347 e. The van der Waals surface area contributed by atoms with Crippen LogP contribution in [0.4, 0.5) is 0 Å². The Morgan fingerprint density at radius 2 is 1.83 bits per heavy atom. The first-order valence-electron chi connectivity index (χ1n) is 11.6. The molecule has 1 aliphatic rings. The van der Waals surface area contributed by atoms with Crippen LogP contribution in [-0.2, 0) is 10.3 Å². The summed E-state index contributed by atoms with van der Waals surface area (Å²) >= 11 is 6.46. The quantitative estimate of drug-likeness (QED) is 0.340. The van der Waals surface area contributed by atoms with Gasteiger partial charge in [0.1, 0.15) is 5.69 Å². The number of benzene rings is 2. The molecule has 0 aliphatic heterocycles. The van der Waals surface area contributed by atoms with E-state index >= 15 is 0 Å². The lowest BCUT2D eigenvalue weighted by atomic mass is 9.71. The Labute approximate surface area is 207 Å². The summed E-state index contributed by atoms with van der Waals surface area (Å²) in [5.41, 5.74) is 6.78. The van der Waals surface area contributed by atoms with Crippen LogP contribution >= 0.6 is 11.6 Å². The minimum atomic E-state index is -0.269. The third-order valence-corrected chi connectivity index (χ3v) is 6.91. The molecule has 1 amide bonds. The van der Waals surface area contributed by atoms with Gasteiger partial charge in [0.05, 0.1) is 16.9 Å². The number of nitrogens with zero attached hydrogens (tertiary/aromatic N) is 4. The van der Waals surface area contributed by atoms with Crippen molar-refractivity contribution < 1.29 is 4.79 Å². The van der Waals surface area contributed by atoms with Gasteiger partial charge < -0.3 is 5.32 Å². The van der Waals surface area contributed by atoms with Crippen molar-refractivity contribution >= 4 is 23.2 Å². The fourth-order valence-electron chi connectivity index (χ4n) is 4.95. The number of aromatic nitrogens is 5. The highest BCUT2D eigenvalue weighted by Gasteiger charge is 2.39. The van der Waals surface area contributed by atoms with Crippen LogP contribution in [0.25, 0.3) is 39.4 Å². The minimum Gasteiger partial charge on any atom is -0.347 e. The molecule has 8 heteroatoms. The summed E-state index contributed by atoms with van der Waals surface area (Å²) in [5, 5.41) is 15.2. The van der Waals surface area contributed by atoms with E-state index in [2.05, 4.69) is 44.9 Å². The third kappa shape index (κ3) is 3.68. The zero-order chi connectivity index (χ0) is 24.0. The molecule has 0 bridgehead atoms. The topological polar surface area (TPSA) is 88.0 Å². The molecule has 2 aromatic carbocycles. The maximum atomic E-state index is 11.8. The molecule has 1 saturated carbocycles. The van der Waals surface area contributed by atoms with Gasteiger partial charge in [0.15, 0.2) is 10.8 Å². The van der Waals surface area contributed by atoms with E-state index in [1.807, 2.05) is 40.9 Å². The van der Waals surface area contributed by atoms with Gasteiger partial charge in [0.25, 0.3) is 0 Å². The zero-order valence-corrected chi connectivity index (χ0v) is 19.9. The standard InChI is InChI=1S/C27H23ClN6O/c1-17(35)31-27(13-5-14-27)20-10-8-18(9-11-20)24-25(19-6-3-2-4-7-19)34-26(30-24)21(16-23(28)33-34)22-12-15-29-32-22/h2-4,6-12,15-16H,5,13-14H2,1H3,(H,29,32)(H,31,35). The number of H-pyrrole nitrogens is 1. The van der Waals surface area contributed by atoms with Crippen LogP contribution < -0.4 is 5.32 Å². The second-order valence-corrected chi connectivity index (χ2v) is 9.34. The number of imidazole rings is 1. The van der Waals surface area contributed by atoms with E-state index in [0.29, 0.717) is 10.8 Å². The van der Waals surface area contributed by atoms with Crippen molar-refractivity contribution in [3.05, 3.63) is 83.6 Å². The number of amides is 1. The van der Waals surface area contributed by atoms with E-state index in [1.54, 1.807) is 19.2 Å². The maximum absolute atomic E-state index is 11.8. The number of carbonyl (C=O) groups excluding carboxylic acids is 1. The SMILES string of the molecule is CC(=O)NC1(c2ccc(-c3nc4c(-c5ccn[nH]5)cc(Cl)nn4c3-c3ccccc3)cc2)CCC1. The molecular formula is C27H23ClN6O. The lowest BCUT2D eigenvalue weighted by molar-refractivity contribution is -0.122. The number of halogens is 1. The first-order chi connectivity index (χ1) is 17.0. The molecule has 35 heavy (non-hydrogen) atoms. The summed E-state index contributed by atoms with van der Waals surface area (Å²) in [7, 11) is 0. The van der Waals surface area contributed by atoms with Crippen LogP contribution in [0.15, 0.2) is 72.9 Å². The molecule has 3 heterocycles. The van der Waals surface area contributed by atoms with E-state index < -0.39 is 0 Å². The summed E-state index contributed by atoms with van der Waals surface area (Å²) < 4.78 is 1.81. The molecule has 1 aliphatic carbocycles. The van der Waals surface area contributed by atoms with E-state index in [1.165, 1.54) is 0 Å². The second-order valence-electron chi connectivity index (χ2n) is 8.96. The third-order valence-electron chi connectivity index (χ3n) is 6.73. The Kier molecular flexibility index (Phi) is 5.15. The fourth-order valence-corrected chi connectivity index (χ4v) is 5.14. The first-order valence-corrected chi connectivity index (χ1v) is 12.0. The number of hydrogen-bond donors (Lipinski definition) is 2. The maximum Gasteiger partial charge on any atom is 0.217 e. The predicted octanol–water partition coefficient (Wildman–Crippen LogP) is 5.62. The van der Waals surface area contributed by atoms with Crippen molar-refractivity contribution in [1.82, 2.24) is 30.1 Å². The molecule has 0 spiro atoms. The molecule has 0 saturated heterocycles. The normalized spacial score (nSPS) is 14.6. The smallest absolute Gasteiger partial charge is 0.217 e. The highest BCUT2D eigenvalue weighted by Crippen LogP contribution is 2.42. The van der Waals surface area contributed by atoms with Gasteiger partial charge in [-0.05, 0) is 37.0 Å². The van der Waals surface area contributed by atoms with Crippen LogP contribution in [-0.4, -0.2) is 30.7 Å². The molecule has 3 aromatic heterocycles. The molecule has 0 unspecified atom stereocenters. The number of aromatic amines is 1. The highest BCUT2D eigenvalue weighted by molar-refractivity contribution is 6.29. The van der Waals surface area contributed by atoms with Gasteiger partial charge in [-0.1, -0.05) is 66.2 Å². The van der Waals surface area contributed by atoms with Crippen molar-refractivity contribution in [3.63, 3.8) is 0 Å². The average Bonchev–Trinajstić information content (AvgIpc) is 3.50. The zero-order valence-electron chi connectivity index (χ0n) is 19.1. The van der Waals surface area contributed by atoms with Crippen molar-refractivity contribution in [2.75, 3.05) is 0 Å². The van der Waals surface area contributed by atoms with Crippen LogP contribution in [0.1, 0.15) is 31.7 Å². The van der Waals surface area contributed by atoms with Crippen molar-refractivity contribution in [2.24, 2.45) is 0 Å². The van der Waals surface area contributed by atoms with Gasteiger partial charge in [-0.15, -0.1) is 0 Å². The number of carbonyl (C=O) groups is 1. The monoisotopic (exact) mass is 482 g/mol. The van der Waals surface area contributed by atoms with Gasteiger partial charge in [0, 0.05) is 29.8 Å². The lowest BCUT2D eigenvalue weighted by Gasteiger charge is -2.43. The Balaban J connectivity index is 1.54. The molecule has 6 rings (SSSR count). The predicted molar refractivity (Wildman–Crippen MR) is 136 cm³/mol. The summed E-state index contributed by atoms with van der Waals surface area (Å²) in [4.78, 5) is 16.9. The highest BCUT2D eigenvalue weighted by atomic mass is 35.5. The number of rotatable bonds is 5. The molecular weight excluding hydrogens is 460 g/mol. The summed E-state index contributed by atoms with van der Waals surface area (Å²) in [6.45, 7) is 1.58. The first kappa shape index (κ1) is 21.6. The van der Waals surface area contributed by atoms with E-state index in [-0.39, 0.29) is 11.4 Å². The van der Waals surface area contributed by atoms with Crippen LogP contribution in [0, 0.1) is 0 Å². The molecule has 174 valence electrons. The molecule has 1 fully saturated rings. The Morgan fingerprint density at radius 1 is 1.06 bits per heavy atom. The Bertz CT molecular complexity index is 1520. The summed E-state index contributed by atoms with van der Waals surface area (Å²) in [5.74, 6) is -0.00483. The molecule has 5 aromatic rings. The molecule has 7 nitrogen and oxygen atoms in total. The van der Waals surface area contributed by atoms with Gasteiger partial charge >= 0.3 is 0 Å². The summed E-state index contributed by atoms with van der Waals surface area (Å²) in [6, 6.07) is 22.1. The van der Waals surface area contributed by atoms with Gasteiger partial charge in [-0.25, -0.2) is 9.50 Å². The van der Waals surface area contributed by atoms with Crippen LogP contribution in [0.5, 0.6) is 0 Å².